The van der Waals surface area contributed by atoms with E-state index < -0.39 is 83.3 Å². The van der Waals surface area contributed by atoms with Gasteiger partial charge in [-0.1, -0.05) is 11.6 Å². The predicted octanol–water partition coefficient (Wildman–Crippen LogP) is 3.06. The van der Waals surface area contributed by atoms with Crippen LogP contribution in [0.4, 0.5) is 28.9 Å². The number of amides is 2. The van der Waals surface area contributed by atoms with Gasteiger partial charge in [-0.15, -0.1) is 0 Å². The van der Waals surface area contributed by atoms with Gasteiger partial charge in [-0.2, -0.15) is 8.78 Å². The molecule has 0 aliphatic carbocycles. The van der Waals surface area contributed by atoms with Crippen molar-refractivity contribution >= 4 is 46.5 Å². The topological polar surface area (TPSA) is 170 Å². The number of nitrogens with zero attached hydrogens (tertiary/aromatic N) is 1. The Bertz CT molecular complexity index is 1610. The number of carboxylic acids is 1. The van der Waals surface area contributed by atoms with E-state index in [1.807, 2.05) is 0 Å². The molecule has 0 radical (unpaired) electrons. The molecule has 0 saturated carbocycles. The molecule has 3 rings (SSSR count). The van der Waals surface area contributed by atoms with E-state index in [-0.39, 0.29) is 28.0 Å². The molecule has 2 unspecified atom stereocenters. The summed E-state index contributed by atoms with van der Waals surface area (Å²) in [7, 11) is 0. The van der Waals surface area contributed by atoms with E-state index in [1.54, 1.807) is 0 Å². The molecule has 5 N–H and O–H groups in total. The third kappa shape index (κ3) is 7.23. The van der Waals surface area contributed by atoms with Gasteiger partial charge in [0.15, 0.2) is 23.2 Å². The van der Waals surface area contributed by atoms with E-state index in [2.05, 4.69) is 15.4 Å². The SMILES string of the molecule is CC(C(=O)NC(CC(=O)O)C(=O)COc1c(F)c(F)cc(F)c1F)n1cccc(NC(=O)c2ccc(N)c(Cl)c2)c1=O. The first kappa shape index (κ1) is 31.6. The van der Waals surface area contributed by atoms with Crippen LogP contribution in [-0.4, -0.2) is 45.9 Å². The van der Waals surface area contributed by atoms with Gasteiger partial charge in [0, 0.05) is 17.8 Å². The van der Waals surface area contributed by atoms with E-state index >= 15 is 0 Å². The van der Waals surface area contributed by atoms with Crippen molar-refractivity contribution in [3.05, 3.63) is 86.8 Å². The number of hydrogen-bond acceptors (Lipinski definition) is 7. The summed E-state index contributed by atoms with van der Waals surface area (Å²) < 4.78 is 59.9. The minimum atomic E-state index is -1.93. The van der Waals surface area contributed by atoms with Crippen LogP contribution in [0.15, 0.2) is 47.4 Å². The van der Waals surface area contributed by atoms with Crippen LogP contribution in [0, 0.1) is 23.3 Å². The van der Waals surface area contributed by atoms with Crippen LogP contribution < -0.4 is 26.7 Å². The van der Waals surface area contributed by atoms with Gasteiger partial charge >= 0.3 is 5.97 Å². The quantitative estimate of drug-likeness (QED) is 0.145. The number of ketones is 1. The van der Waals surface area contributed by atoms with E-state index in [4.69, 9.17) is 22.4 Å². The van der Waals surface area contributed by atoms with Crippen LogP contribution >= 0.6 is 11.6 Å². The minimum absolute atomic E-state index is 0.0766. The van der Waals surface area contributed by atoms with Gasteiger partial charge in [0.25, 0.3) is 11.5 Å². The summed E-state index contributed by atoms with van der Waals surface area (Å²) in [5.74, 6) is -13.6. The smallest absolute Gasteiger partial charge is 0.305 e. The van der Waals surface area contributed by atoms with Gasteiger partial charge in [0.1, 0.15) is 24.4 Å². The number of carboxylic acid groups (broad SMARTS) is 1. The number of anilines is 2. The fraction of sp³-hybridized carbons (Fsp3) is 0.192. The lowest BCUT2D eigenvalue weighted by Gasteiger charge is -2.21. The Balaban J connectivity index is 1.76. The Kier molecular flexibility index (Phi) is 9.90. The van der Waals surface area contributed by atoms with Crippen LogP contribution in [0.2, 0.25) is 5.02 Å². The highest BCUT2D eigenvalue weighted by Crippen LogP contribution is 2.26. The first-order chi connectivity index (χ1) is 19.7. The number of halogens is 5. The number of aromatic nitrogens is 1. The molecular formula is C26H21ClF4N4O7. The van der Waals surface area contributed by atoms with Gasteiger partial charge in [-0.3, -0.25) is 24.0 Å². The molecule has 1 aromatic heterocycles. The highest BCUT2D eigenvalue weighted by Gasteiger charge is 2.29. The molecule has 2 amide bonds. The Morgan fingerprint density at radius 1 is 1.07 bits per heavy atom. The number of aliphatic carboxylic acids is 1. The number of carbonyl (C=O) groups excluding carboxylic acids is 3. The molecule has 16 heteroatoms. The number of benzene rings is 2. The highest BCUT2D eigenvalue weighted by atomic mass is 35.5. The second kappa shape index (κ2) is 13.2. The molecular weight excluding hydrogens is 592 g/mol. The number of carbonyl (C=O) groups is 4. The summed E-state index contributed by atoms with van der Waals surface area (Å²) in [4.78, 5) is 62.3. The van der Waals surface area contributed by atoms with Crippen molar-refractivity contribution in [1.29, 1.82) is 0 Å². The second-order valence-electron chi connectivity index (χ2n) is 8.71. The molecule has 0 spiro atoms. The van der Waals surface area contributed by atoms with Gasteiger partial charge < -0.3 is 30.8 Å². The normalized spacial score (nSPS) is 12.2. The second-order valence-corrected chi connectivity index (χ2v) is 9.12. The Morgan fingerprint density at radius 3 is 2.31 bits per heavy atom. The molecule has 222 valence electrons. The zero-order valence-electron chi connectivity index (χ0n) is 21.4. The molecule has 2 aromatic carbocycles. The monoisotopic (exact) mass is 612 g/mol. The zero-order valence-corrected chi connectivity index (χ0v) is 22.2. The third-order valence-corrected chi connectivity index (χ3v) is 6.12. The van der Waals surface area contributed by atoms with Gasteiger partial charge in [-0.25, -0.2) is 8.78 Å². The van der Waals surface area contributed by atoms with Crippen molar-refractivity contribution in [2.45, 2.75) is 25.4 Å². The summed E-state index contributed by atoms with van der Waals surface area (Å²) in [6, 6.07) is 3.31. The molecule has 42 heavy (non-hydrogen) atoms. The average Bonchev–Trinajstić information content (AvgIpc) is 2.93. The number of nitrogen functional groups attached to an aromatic ring is 1. The minimum Gasteiger partial charge on any atom is -0.481 e. The summed E-state index contributed by atoms with van der Waals surface area (Å²) in [6.45, 7) is -0.0544. The van der Waals surface area contributed by atoms with Crippen molar-refractivity contribution in [1.82, 2.24) is 9.88 Å². The van der Waals surface area contributed by atoms with Crippen molar-refractivity contribution in [2.75, 3.05) is 17.7 Å². The molecule has 0 aliphatic rings. The van der Waals surface area contributed by atoms with Crippen LogP contribution in [0.3, 0.4) is 0 Å². The molecule has 0 saturated heterocycles. The van der Waals surface area contributed by atoms with Crippen LogP contribution in [-0.2, 0) is 14.4 Å². The Labute approximate surface area is 238 Å². The fourth-order valence-corrected chi connectivity index (χ4v) is 3.71. The molecule has 1 heterocycles. The maximum Gasteiger partial charge on any atom is 0.305 e. The Hall–Kier alpha value is -4.92. The van der Waals surface area contributed by atoms with E-state index in [9.17, 15) is 41.5 Å². The van der Waals surface area contributed by atoms with Gasteiger partial charge in [-0.05, 0) is 37.3 Å². The van der Waals surface area contributed by atoms with Crippen LogP contribution in [0.25, 0.3) is 0 Å². The molecule has 2 atom stereocenters. The lowest BCUT2D eigenvalue weighted by Crippen LogP contribution is -2.47. The number of hydrogen-bond donors (Lipinski definition) is 4. The van der Waals surface area contributed by atoms with Crippen molar-refractivity contribution in [3.8, 4) is 5.75 Å². The maximum atomic E-state index is 13.8. The van der Waals surface area contributed by atoms with E-state index in [0.717, 1.165) is 4.57 Å². The molecule has 0 fully saturated rings. The molecule has 0 aliphatic heterocycles. The number of rotatable bonds is 11. The van der Waals surface area contributed by atoms with E-state index in [1.165, 1.54) is 43.5 Å². The lowest BCUT2D eigenvalue weighted by molar-refractivity contribution is -0.140. The highest BCUT2D eigenvalue weighted by molar-refractivity contribution is 6.33. The molecule has 3 aromatic rings. The standard InChI is InChI=1S/C26H21ClF4N4O7/c1-11(35-6-2-3-17(26(35)41)33-25(40)12-4-5-16(32)13(27)7-12)24(39)34-18(9-20(37)38)19(36)10-42-23-21(30)14(28)8-15(29)22(23)31/h2-8,11,18H,9-10,32H2,1H3,(H,33,40)(H,34,39)(H,37,38). The number of ether oxygens (including phenoxy) is 1. The summed E-state index contributed by atoms with van der Waals surface area (Å²) >= 11 is 5.92. The first-order valence-corrected chi connectivity index (χ1v) is 12.2. The number of nitrogens with two attached hydrogens (primary N) is 1. The molecule has 11 nitrogen and oxygen atoms in total. The maximum absolute atomic E-state index is 13.8. The number of pyridine rings is 1. The fourth-order valence-electron chi connectivity index (χ4n) is 3.53. The number of Topliss-reactive ketones (excluding diaryl/α,β-unsaturated/α-hetero) is 1. The molecule has 0 bridgehead atoms. The van der Waals surface area contributed by atoms with Gasteiger partial charge in [0.2, 0.25) is 17.5 Å². The third-order valence-electron chi connectivity index (χ3n) is 5.80. The van der Waals surface area contributed by atoms with Crippen molar-refractivity contribution < 1.29 is 46.6 Å². The average molecular weight is 613 g/mol. The van der Waals surface area contributed by atoms with Crippen molar-refractivity contribution in [3.63, 3.8) is 0 Å². The predicted molar refractivity (Wildman–Crippen MR) is 140 cm³/mol. The summed E-state index contributed by atoms with van der Waals surface area (Å²) in [5, 5.41) is 13.7. The Morgan fingerprint density at radius 2 is 1.71 bits per heavy atom. The first-order valence-electron chi connectivity index (χ1n) is 11.8. The van der Waals surface area contributed by atoms with E-state index in [0.29, 0.717) is 0 Å². The van der Waals surface area contributed by atoms with Crippen LogP contribution in [0.5, 0.6) is 5.75 Å². The summed E-state index contributed by atoms with van der Waals surface area (Å²) in [6.07, 6.45) is 0.168. The van der Waals surface area contributed by atoms with Crippen LogP contribution in [0.1, 0.15) is 29.7 Å². The summed E-state index contributed by atoms with van der Waals surface area (Å²) in [5.41, 5.74) is 4.83. The largest absolute Gasteiger partial charge is 0.481 e. The lowest BCUT2D eigenvalue weighted by atomic mass is 10.1. The van der Waals surface area contributed by atoms with Gasteiger partial charge in [0.05, 0.1) is 17.1 Å². The number of nitrogens with one attached hydrogen (secondary N) is 2. The zero-order chi connectivity index (χ0) is 31.3. The van der Waals surface area contributed by atoms with Crippen molar-refractivity contribution in [2.24, 2.45) is 0 Å².